The number of ether oxygens (including phenoxy) is 2. The molecule has 6 nitrogen and oxygen atoms in total. The molecule has 0 spiro atoms. The Bertz CT molecular complexity index is 909. The summed E-state index contributed by atoms with van der Waals surface area (Å²) in [5.74, 6) is 1.25. The first-order valence-corrected chi connectivity index (χ1v) is 8.82. The van der Waals surface area contributed by atoms with E-state index in [-0.39, 0.29) is 17.4 Å². The summed E-state index contributed by atoms with van der Waals surface area (Å²) >= 11 is 0. The molecule has 2 aromatic carbocycles. The molecule has 0 N–H and O–H groups in total. The minimum atomic E-state index is -0.483. The largest absolute Gasteiger partial charge is 0.493 e. The number of nitro groups is 1. The van der Waals surface area contributed by atoms with Crippen molar-refractivity contribution in [1.82, 2.24) is 0 Å². The minimum Gasteiger partial charge on any atom is -0.493 e. The first-order chi connectivity index (χ1) is 13.1. The van der Waals surface area contributed by atoms with Gasteiger partial charge in [-0.15, -0.1) is 0 Å². The number of rotatable bonds is 6. The van der Waals surface area contributed by atoms with Gasteiger partial charge < -0.3 is 9.47 Å². The molecule has 0 saturated heterocycles. The highest BCUT2D eigenvalue weighted by atomic mass is 16.6. The fraction of sp³-hybridized carbons (Fsp3) is 0.286. The predicted octanol–water partition coefficient (Wildman–Crippen LogP) is 4.99. The van der Waals surface area contributed by atoms with E-state index in [9.17, 15) is 15.4 Å². The van der Waals surface area contributed by atoms with Gasteiger partial charge in [0.2, 0.25) is 0 Å². The first kappa shape index (κ1) is 18.5. The van der Waals surface area contributed by atoms with Gasteiger partial charge in [0, 0.05) is 6.07 Å². The molecule has 0 radical (unpaired) electrons. The zero-order valence-corrected chi connectivity index (χ0v) is 15.1. The number of hydrogen-bond acceptors (Lipinski definition) is 5. The first-order valence-electron chi connectivity index (χ1n) is 8.82. The van der Waals surface area contributed by atoms with E-state index in [0.717, 1.165) is 31.2 Å². The average Bonchev–Trinajstić information content (AvgIpc) is 3.19. The molecule has 0 aromatic heterocycles. The van der Waals surface area contributed by atoms with Crippen molar-refractivity contribution in [2.24, 2.45) is 0 Å². The van der Waals surface area contributed by atoms with Crippen LogP contribution in [0.5, 0.6) is 11.5 Å². The van der Waals surface area contributed by atoms with E-state index in [1.54, 1.807) is 43.5 Å². The van der Waals surface area contributed by atoms with Gasteiger partial charge in [-0.2, -0.15) is 5.26 Å². The fourth-order valence-corrected chi connectivity index (χ4v) is 3.26. The van der Waals surface area contributed by atoms with Crippen LogP contribution in [0.1, 0.15) is 36.8 Å². The Labute approximate surface area is 157 Å². The second kappa shape index (κ2) is 8.37. The van der Waals surface area contributed by atoms with Crippen LogP contribution in [0.3, 0.4) is 0 Å². The number of hydrogen-bond donors (Lipinski definition) is 0. The van der Waals surface area contributed by atoms with Crippen LogP contribution in [0.2, 0.25) is 0 Å². The van der Waals surface area contributed by atoms with Crippen LogP contribution < -0.4 is 9.47 Å². The van der Waals surface area contributed by atoms with Crippen molar-refractivity contribution in [2.75, 3.05) is 7.11 Å². The summed E-state index contributed by atoms with van der Waals surface area (Å²) in [4.78, 5) is 10.8. The SMILES string of the molecule is COc1ccc(/C=C(\C#N)c2ccccc2[N+](=O)[O-])cc1OC1CCCC1. The summed E-state index contributed by atoms with van der Waals surface area (Å²) < 4.78 is 11.5. The molecule has 1 fully saturated rings. The van der Waals surface area contributed by atoms with Gasteiger partial charge in [0.25, 0.3) is 5.69 Å². The normalized spacial score (nSPS) is 14.6. The Balaban J connectivity index is 1.97. The van der Waals surface area contributed by atoms with Crippen LogP contribution in [0.15, 0.2) is 42.5 Å². The second-order valence-corrected chi connectivity index (χ2v) is 6.38. The Hall–Kier alpha value is -3.33. The molecule has 0 unspecified atom stereocenters. The lowest BCUT2D eigenvalue weighted by Gasteiger charge is -2.16. The summed E-state index contributed by atoms with van der Waals surface area (Å²) in [7, 11) is 1.58. The van der Waals surface area contributed by atoms with Gasteiger partial charge in [0.15, 0.2) is 11.5 Å². The lowest BCUT2D eigenvalue weighted by molar-refractivity contribution is -0.385. The molecule has 1 saturated carbocycles. The third-order valence-electron chi connectivity index (χ3n) is 4.61. The molecular weight excluding hydrogens is 344 g/mol. The number of para-hydroxylation sites is 1. The number of nitro benzene ring substituents is 1. The molecule has 27 heavy (non-hydrogen) atoms. The van der Waals surface area contributed by atoms with Crippen molar-refractivity contribution in [2.45, 2.75) is 31.8 Å². The average molecular weight is 364 g/mol. The zero-order valence-electron chi connectivity index (χ0n) is 15.1. The molecular formula is C21H20N2O4. The zero-order chi connectivity index (χ0) is 19.2. The van der Waals surface area contributed by atoms with E-state index in [4.69, 9.17) is 9.47 Å². The van der Waals surface area contributed by atoms with E-state index in [0.29, 0.717) is 17.1 Å². The van der Waals surface area contributed by atoms with Crippen LogP contribution in [0, 0.1) is 21.4 Å². The van der Waals surface area contributed by atoms with E-state index in [1.807, 2.05) is 6.07 Å². The van der Waals surface area contributed by atoms with Gasteiger partial charge in [-0.1, -0.05) is 18.2 Å². The molecule has 1 aliphatic rings. The molecule has 0 aliphatic heterocycles. The summed E-state index contributed by atoms with van der Waals surface area (Å²) in [5.41, 5.74) is 1.14. The Morgan fingerprint density at radius 3 is 2.63 bits per heavy atom. The van der Waals surface area contributed by atoms with Gasteiger partial charge in [-0.3, -0.25) is 10.1 Å². The minimum absolute atomic E-state index is 0.0961. The van der Waals surface area contributed by atoms with Crippen molar-refractivity contribution in [3.05, 3.63) is 63.7 Å². The van der Waals surface area contributed by atoms with E-state index < -0.39 is 4.92 Å². The highest BCUT2D eigenvalue weighted by Crippen LogP contribution is 2.34. The van der Waals surface area contributed by atoms with Crippen molar-refractivity contribution in [1.29, 1.82) is 5.26 Å². The van der Waals surface area contributed by atoms with Gasteiger partial charge in [0.1, 0.15) is 6.07 Å². The molecule has 1 aliphatic carbocycles. The molecule has 6 heteroatoms. The van der Waals surface area contributed by atoms with Gasteiger partial charge >= 0.3 is 0 Å². The smallest absolute Gasteiger partial charge is 0.277 e. The summed E-state index contributed by atoms with van der Waals surface area (Å²) in [6.45, 7) is 0. The van der Waals surface area contributed by atoms with Crippen molar-refractivity contribution in [3.63, 3.8) is 0 Å². The topological polar surface area (TPSA) is 85.4 Å². The van der Waals surface area contributed by atoms with Crippen LogP contribution in [-0.4, -0.2) is 18.1 Å². The standard InChI is InChI=1S/C21H20N2O4/c1-26-20-11-10-15(13-21(20)27-17-6-2-3-7-17)12-16(14-22)18-8-4-5-9-19(18)23(24)25/h4-5,8-13,17H,2-3,6-7H2,1H3/b16-12+. The molecule has 0 amide bonds. The molecule has 0 bridgehead atoms. The Morgan fingerprint density at radius 2 is 1.96 bits per heavy atom. The van der Waals surface area contributed by atoms with E-state index >= 15 is 0 Å². The number of methoxy groups -OCH3 is 1. The van der Waals surface area contributed by atoms with Crippen LogP contribution >= 0.6 is 0 Å². The third-order valence-corrected chi connectivity index (χ3v) is 4.61. The molecule has 0 atom stereocenters. The molecule has 2 aromatic rings. The van der Waals surface area contributed by atoms with Crippen molar-refractivity contribution >= 4 is 17.3 Å². The third kappa shape index (κ3) is 4.26. The van der Waals surface area contributed by atoms with E-state index in [1.165, 1.54) is 6.07 Å². The van der Waals surface area contributed by atoms with Crippen molar-refractivity contribution < 1.29 is 14.4 Å². The van der Waals surface area contributed by atoms with E-state index in [2.05, 4.69) is 6.07 Å². The summed E-state index contributed by atoms with van der Waals surface area (Å²) in [5, 5.41) is 20.8. The summed E-state index contributed by atoms with van der Waals surface area (Å²) in [6, 6.07) is 13.7. The predicted molar refractivity (Wildman–Crippen MR) is 102 cm³/mol. The highest BCUT2D eigenvalue weighted by molar-refractivity contribution is 5.92. The second-order valence-electron chi connectivity index (χ2n) is 6.38. The lowest BCUT2D eigenvalue weighted by atomic mass is 10.0. The molecule has 3 rings (SSSR count). The quantitative estimate of drug-likeness (QED) is 0.312. The number of nitrogens with zero attached hydrogens (tertiary/aromatic N) is 2. The highest BCUT2D eigenvalue weighted by Gasteiger charge is 2.19. The van der Waals surface area contributed by atoms with Gasteiger partial charge in [0.05, 0.1) is 29.3 Å². The van der Waals surface area contributed by atoms with Crippen molar-refractivity contribution in [3.8, 4) is 17.6 Å². The van der Waals surface area contributed by atoms with Crippen LogP contribution in [0.25, 0.3) is 11.6 Å². The summed E-state index contributed by atoms with van der Waals surface area (Å²) in [6.07, 6.45) is 6.14. The van der Waals surface area contributed by atoms with Gasteiger partial charge in [-0.25, -0.2) is 0 Å². The molecule has 138 valence electrons. The van der Waals surface area contributed by atoms with Crippen LogP contribution in [0.4, 0.5) is 5.69 Å². The monoisotopic (exact) mass is 364 g/mol. The maximum absolute atomic E-state index is 11.3. The molecule has 0 heterocycles. The Kier molecular flexibility index (Phi) is 5.72. The Morgan fingerprint density at radius 1 is 1.22 bits per heavy atom. The van der Waals surface area contributed by atoms with Crippen LogP contribution in [-0.2, 0) is 0 Å². The maximum atomic E-state index is 11.3. The maximum Gasteiger partial charge on any atom is 0.277 e. The lowest BCUT2D eigenvalue weighted by Crippen LogP contribution is -2.11. The number of nitriles is 1. The van der Waals surface area contributed by atoms with Gasteiger partial charge in [-0.05, 0) is 55.5 Å². The number of benzene rings is 2. The fourth-order valence-electron chi connectivity index (χ4n) is 3.26. The number of allylic oxidation sites excluding steroid dienone is 1.